The Morgan fingerprint density at radius 1 is 0.935 bits per heavy atom. The fourth-order valence-corrected chi connectivity index (χ4v) is 3.64. The minimum absolute atomic E-state index is 0.0960. The summed E-state index contributed by atoms with van der Waals surface area (Å²) in [7, 11) is 0. The van der Waals surface area contributed by atoms with Gasteiger partial charge in [-0.15, -0.1) is 0 Å². The second kappa shape index (κ2) is 9.14. The predicted molar refractivity (Wildman–Crippen MR) is 121 cm³/mol. The highest BCUT2D eigenvalue weighted by atomic mass is 79.9. The third-order valence-corrected chi connectivity index (χ3v) is 5.52. The molecule has 0 aliphatic carbocycles. The van der Waals surface area contributed by atoms with Crippen LogP contribution in [-0.2, 0) is 9.59 Å². The number of nitrogens with zero attached hydrogens (tertiary/aromatic N) is 1. The van der Waals surface area contributed by atoms with E-state index in [0.717, 1.165) is 10.2 Å². The van der Waals surface area contributed by atoms with Gasteiger partial charge >= 0.3 is 5.97 Å². The minimum atomic E-state index is -0.527. The van der Waals surface area contributed by atoms with Crippen molar-refractivity contribution in [2.75, 3.05) is 16.8 Å². The van der Waals surface area contributed by atoms with E-state index in [4.69, 9.17) is 4.74 Å². The third-order valence-electron chi connectivity index (χ3n) is 4.99. The monoisotopic (exact) mass is 478 g/mol. The van der Waals surface area contributed by atoms with Gasteiger partial charge in [0.15, 0.2) is 5.75 Å². The van der Waals surface area contributed by atoms with Gasteiger partial charge in [-0.05, 0) is 48.5 Å². The Kier molecular flexibility index (Phi) is 6.13. The fraction of sp³-hybridized carbons (Fsp3) is 0.125. The quantitative estimate of drug-likeness (QED) is 0.427. The molecule has 31 heavy (non-hydrogen) atoms. The Morgan fingerprint density at radius 2 is 1.61 bits per heavy atom. The Bertz CT molecular complexity index is 1120. The van der Waals surface area contributed by atoms with E-state index in [-0.39, 0.29) is 24.0 Å². The lowest BCUT2D eigenvalue weighted by Crippen LogP contribution is -2.28. The minimum Gasteiger partial charge on any atom is -0.421 e. The molecule has 1 heterocycles. The first-order valence-corrected chi connectivity index (χ1v) is 10.5. The molecule has 1 aliphatic heterocycles. The molecule has 3 aromatic rings. The van der Waals surface area contributed by atoms with Crippen molar-refractivity contribution >= 4 is 45.1 Å². The Hall–Kier alpha value is -3.45. The number of carbonyl (C=O) groups is 3. The first kappa shape index (κ1) is 20.8. The standard InChI is InChI=1S/C24H19BrN2O4/c25-18-12-10-16(11-13-18)24(30)31-21-9-5-4-8-20(21)26-23(29)17-14-22(28)27(15-17)19-6-2-1-3-7-19/h1-13,17H,14-15H2,(H,26,29). The second-order valence-electron chi connectivity index (χ2n) is 7.12. The number of hydrogen-bond acceptors (Lipinski definition) is 4. The van der Waals surface area contributed by atoms with Gasteiger partial charge in [-0.2, -0.15) is 0 Å². The molecule has 7 heteroatoms. The number of anilines is 2. The summed E-state index contributed by atoms with van der Waals surface area (Å²) in [4.78, 5) is 39.3. The van der Waals surface area contributed by atoms with Crippen LogP contribution >= 0.6 is 15.9 Å². The molecule has 0 radical (unpaired) electrons. The lowest BCUT2D eigenvalue weighted by atomic mass is 10.1. The number of hydrogen-bond donors (Lipinski definition) is 1. The number of carbonyl (C=O) groups excluding carboxylic acids is 3. The molecule has 1 aliphatic rings. The summed E-state index contributed by atoms with van der Waals surface area (Å²) in [6, 6.07) is 22.8. The van der Waals surface area contributed by atoms with Gasteiger partial charge < -0.3 is 15.0 Å². The van der Waals surface area contributed by atoms with E-state index in [2.05, 4.69) is 21.2 Å². The molecule has 2 amide bonds. The van der Waals surface area contributed by atoms with Crippen LogP contribution in [0, 0.1) is 5.92 Å². The van der Waals surface area contributed by atoms with Gasteiger partial charge in [0.25, 0.3) is 0 Å². The maximum Gasteiger partial charge on any atom is 0.343 e. The van der Waals surface area contributed by atoms with Gasteiger partial charge in [-0.3, -0.25) is 9.59 Å². The van der Waals surface area contributed by atoms with E-state index >= 15 is 0 Å². The molecular formula is C24H19BrN2O4. The molecule has 0 bridgehead atoms. The molecule has 0 saturated carbocycles. The highest BCUT2D eigenvalue weighted by Gasteiger charge is 2.35. The van der Waals surface area contributed by atoms with Crippen molar-refractivity contribution < 1.29 is 19.1 Å². The number of esters is 1. The highest BCUT2D eigenvalue weighted by molar-refractivity contribution is 9.10. The molecular weight excluding hydrogens is 460 g/mol. The molecule has 156 valence electrons. The highest BCUT2D eigenvalue weighted by Crippen LogP contribution is 2.29. The van der Waals surface area contributed by atoms with E-state index in [9.17, 15) is 14.4 Å². The number of halogens is 1. The van der Waals surface area contributed by atoms with Gasteiger partial charge in [-0.1, -0.05) is 46.3 Å². The smallest absolute Gasteiger partial charge is 0.343 e. The molecule has 3 aromatic carbocycles. The Labute approximate surface area is 188 Å². The van der Waals surface area contributed by atoms with Crippen molar-refractivity contribution in [2.45, 2.75) is 6.42 Å². The summed E-state index contributed by atoms with van der Waals surface area (Å²) in [5.41, 5.74) is 1.54. The second-order valence-corrected chi connectivity index (χ2v) is 8.04. The summed E-state index contributed by atoms with van der Waals surface area (Å²) in [6.45, 7) is 0.301. The molecule has 6 nitrogen and oxygen atoms in total. The lowest BCUT2D eigenvalue weighted by Gasteiger charge is -2.17. The summed E-state index contributed by atoms with van der Waals surface area (Å²) < 4.78 is 6.35. The van der Waals surface area contributed by atoms with E-state index in [1.807, 2.05) is 30.3 Å². The van der Waals surface area contributed by atoms with Gasteiger partial charge in [0.1, 0.15) is 0 Å². The zero-order chi connectivity index (χ0) is 21.8. The van der Waals surface area contributed by atoms with Gasteiger partial charge in [0, 0.05) is 23.1 Å². The van der Waals surface area contributed by atoms with Gasteiger partial charge in [0.05, 0.1) is 17.2 Å². The number of ether oxygens (including phenoxy) is 1. The van der Waals surface area contributed by atoms with Crippen LogP contribution in [0.4, 0.5) is 11.4 Å². The van der Waals surface area contributed by atoms with E-state index in [1.165, 1.54) is 0 Å². The summed E-state index contributed by atoms with van der Waals surface area (Å²) in [6.07, 6.45) is 0.127. The van der Waals surface area contributed by atoms with Crippen molar-refractivity contribution in [1.29, 1.82) is 0 Å². The van der Waals surface area contributed by atoms with Gasteiger partial charge in [-0.25, -0.2) is 4.79 Å². The van der Waals surface area contributed by atoms with Crippen LogP contribution in [0.2, 0.25) is 0 Å². The van der Waals surface area contributed by atoms with Crippen LogP contribution in [0.3, 0.4) is 0 Å². The van der Waals surface area contributed by atoms with Crippen molar-refractivity contribution in [2.24, 2.45) is 5.92 Å². The van der Waals surface area contributed by atoms with Crippen molar-refractivity contribution in [3.05, 3.63) is 88.9 Å². The third kappa shape index (κ3) is 4.83. The summed E-state index contributed by atoms with van der Waals surface area (Å²) in [5.74, 6) is -1.17. The van der Waals surface area contributed by atoms with Crippen LogP contribution in [0.1, 0.15) is 16.8 Å². The summed E-state index contributed by atoms with van der Waals surface area (Å²) >= 11 is 3.33. The SMILES string of the molecule is O=C(Oc1ccccc1NC(=O)C1CC(=O)N(c2ccccc2)C1)c1ccc(Br)cc1. The largest absolute Gasteiger partial charge is 0.421 e. The maximum absolute atomic E-state index is 12.8. The predicted octanol–water partition coefficient (Wildman–Crippen LogP) is 4.66. The number of nitrogens with one attached hydrogen (secondary N) is 1. The normalized spacial score (nSPS) is 15.6. The maximum atomic E-state index is 12.8. The molecule has 4 rings (SSSR count). The first-order chi connectivity index (χ1) is 15.0. The van der Waals surface area contributed by atoms with Crippen molar-refractivity contribution in [3.63, 3.8) is 0 Å². The molecule has 0 spiro atoms. The van der Waals surface area contributed by atoms with E-state index < -0.39 is 11.9 Å². The van der Waals surface area contributed by atoms with Crippen LogP contribution in [-0.4, -0.2) is 24.3 Å². The Morgan fingerprint density at radius 3 is 2.35 bits per heavy atom. The average molecular weight is 479 g/mol. The topological polar surface area (TPSA) is 75.7 Å². The zero-order valence-corrected chi connectivity index (χ0v) is 18.0. The lowest BCUT2D eigenvalue weighted by molar-refractivity contribution is -0.122. The number of amides is 2. The van der Waals surface area contributed by atoms with Gasteiger partial charge in [0.2, 0.25) is 11.8 Å². The van der Waals surface area contributed by atoms with Crippen LogP contribution in [0.25, 0.3) is 0 Å². The fourth-order valence-electron chi connectivity index (χ4n) is 3.38. The zero-order valence-electron chi connectivity index (χ0n) is 16.5. The molecule has 1 unspecified atom stereocenters. The first-order valence-electron chi connectivity index (χ1n) is 9.74. The van der Waals surface area contributed by atoms with Crippen molar-refractivity contribution in [3.8, 4) is 5.75 Å². The number of para-hydroxylation sites is 3. The summed E-state index contributed by atoms with van der Waals surface area (Å²) in [5, 5.41) is 2.81. The molecule has 1 N–H and O–H groups in total. The van der Waals surface area contributed by atoms with Crippen LogP contribution in [0.5, 0.6) is 5.75 Å². The van der Waals surface area contributed by atoms with E-state index in [1.54, 1.807) is 53.4 Å². The average Bonchev–Trinajstić information content (AvgIpc) is 3.18. The number of benzene rings is 3. The molecule has 0 aromatic heterocycles. The Balaban J connectivity index is 1.45. The van der Waals surface area contributed by atoms with Crippen LogP contribution < -0.4 is 15.0 Å². The molecule has 1 fully saturated rings. The number of rotatable bonds is 5. The van der Waals surface area contributed by atoms with Crippen molar-refractivity contribution in [1.82, 2.24) is 0 Å². The molecule has 1 atom stereocenters. The van der Waals surface area contributed by atoms with Crippen LogP contribution in [0.15, 0.2) is 83.3 Å². The molecule has 1 saturated heterocycles. The van der Waals surface area contributed by atoms with E-state index in [0.29, 0.717) is 17.8 Å².